The summed E-state index contributed by atoms with van der Waals surface area (Å²) in [5.41, 5.74) is 3.62. The molecule has 7 rings (SSSR count). The van der Waals surface area contributed by atoms with Crippen LogP contribution in [-0.2, 0) is 16.9 Å². The minimum Gasteiger partial charge on any atom is -0.485 e. The first-order chi connectivity index (χ1) is 26.5. The van der Waals surface area contributed by atoms with Crippen molar-refractivity contribution in [2.45, 2.75) is 12.1 Å². The van der Waals surface area contributed by atoms with E-state index in [1.807, 2.05) is 60.7 Å². The molecule has 0 saturated heterocycles. The molecule has 1 heterocycles. The van der Waals surface area contributed by atoms with Gasteiger partial charge in [0, 0.05) is 22.9 Å². The van der Waals surface area contributed by atoms with Gasteiger partial charge < -0.3 is 20.7 Å². The van der Waals surface area contributed by atoms with Crippen LogP contribution in [0.1, 0.15) is 38.4 Å². The van der Waals surface area contributed by atoms with Crippen molar-refractivity contribution in [3.63, 3.8) is 0 Å². The van der Waals surface area contributed by atoms with Crippen molar-refractivity contribution >= 4 is 29.1 Å². The predicted molar refractivity (Wildman–Crippen MR) is 205 cm³/mol. The van der Waals surface area contributed by atoms with Crippen molar-refractivity contribution in [3.8, 4) is 5.75 Å². The number of hydrogen-bond acceptors (Lipinski definition) is 7. The maximum Gasteiger partial charge on any atom is 0.319 e. The molecular formula is C43H35N7O4. The zero-order valence-electron chi connectivity index (χ0n) is 29.0. The van der Waals surface area contributed by atoms with E-state index in [1.165, 1.54) is 0 Å². The third-order valence-corrected chi connectivity index (χ3v) is 8.68. The molecule has 7 aromatic rings. The number of tetrazole rings is 1. The van der Waals surface area contributed by atoms with Gasteiger partial charge in [-0.05, 0) is 46.2 Å². The van der Waals surface area contributed by atoms with Crippen LogP contribution in [0.4, 0.5) is 16.2 Å². The number of carbonyl (C=O) groups is 3. The third kappa shape index (κ3) is 7.75. The van der Waals surface area contributed by atoms with E-state index in [2.05, 4.69) is 62.7 Å². The predicted octanol–water partition coefficient (Wildman–Crippen LogP) is 7.08. The molecule has 6 aromatic carbocycles. The third-order valence-electron chi connectivity index (χ3n) is 8.68. The fourth-order valence-corrected chi connectivity index (χ4v) is 6.20. The lowest BCUT2D eigenvalue weighted by atomic mass is 9.77. The van der Waals surface area contributed by atoms with Gasteiger partial charge in [-0.3, -0.25) is 9.59 Å². The second-order valence-corrected chi connectivity index (χ2v) is 12.2. The smallest absolute Gasteiger partial charge is 0.319 e. The molecule has 0 aliphatic rings. The van der Waals surface area contributed by atoms with Gasteiger partial charge in [-0.15, -0.1) is 15.0 Å². The minimum absolute atomic E-state index is 0.0124. The quantitative estimate of drug-likeness (QED) is 0.0857. The maximum atomic E-state index is 13.0. The molecule has 11 heteroatoms. The van der Waals surface area contributed by atoms with E-state index in [4.69, 9.17) is 9.84 Å². The molecule has 3 N–H and O–H groups in total. The number of rotatable bonds is 13. The Morgan fingerprint density at radius 2 is 1.20 bits per heavy atom. The van der Waals surface area contributed by atoms with E-state index >= 15 is 0 Å². The van der Waals surface area contributed by atoms with Crippen LogP contribution in [0.25, 0.3) is 0 Å². The Kier molecular flexibility index (Phi) is 10.6. The van der Waals surface area contributed by atoms with Gasteiger partial charge in [0.2, 0.25) is 11.7 Å². The van der Waals surface area contributed by atoms with Gasteiger partial charge in [0.1, 0.15) is 5.75 Å². The number of hydrogen-bond donors (Lipinski definition) is 3. The molecular weight excluding hydrogens is 679 g/mol. The number of carbonyl (C=O) groups excluding carboxylic acids is 3. The van der Waals surface area contributed by atoms with Crippen LogP contribution in [0, 0.1) is 0 Å². The molecule has 0 aliphatic heterocycles. The van der Waals surface area contributed by atoms with E-state index in [9.17, 15) is 14.4 Å². The number of aromatic nitrogens is 4. The number of benzene rings is 6. The second kappa shape index (κ2) is 16.3. The van der Waals surface area contributed by atoms with Crippen LogP contribution in [0.5, 0.6) is 5.75 Å². The number of nitrogens with one attached hydrogen (secondary N) is 3. The highest BCUT2D eigenvalue weighted by molar-refractivity contribution is 6.14. The summed E-state index contributed by atoms with van der Waals surface area (Å²) in [5.74, 6) is 0.102. The molecule has 0 unspecified atom stereocenters. The van der Waals surface area contributed by atoms with E-state index in [0.29, 0.717) is 34.1 Å². The first kappa shape index (κ1) is 35.0. The Balaban J connectivity index is 0.997. The van der Waals surface area contributed by atoms with E-state index in [1.54, 1.807) is 77.6 Å². The summed E-state index contributed by atoms with van der Waals surface area (Å²) in [5, 5.41) is 21.7. The van der Waals surface area contributed by atoms with Crippen molar-refractivity contribution in [2.24, 2.45) is 0 Å². The molecule has 11 nitrogen and oxygen atoms in total. The highest BCUT2D eigenvalue weighted by Crippen LogP contribution is 2.39. The molecule has 0 bridgehead atoms. The minimum atomic E-state index is -0.911. The Morgan fingerprint density at radius 3 is 1.83 bits per heavy atom. The van der Waals surface area contributed by atoms with Crippen LogP contribution in [-0.4, -0.2) is 44.5 Å². The first-order valence-electron chi connectivity index (χ1n) is 17.2. The number of anilines is 2. The maximum absolute atomic E-state index is 13.0. The summed E-state index contributed by atoms with van der Waals surface area (Å²) in [4.78, 5) is 40.1. The standard InChI is InChI=1S/C43H35N7O4/c51-40(46-38-27-14-13-26-37(38)41(52)31-16-5-1-6-17-31)29-44-42(53)45-35-24-15-25-36(28-35)54-30-39-47-49-50(48-39)43(32-18-7-2-8-19-32,33-20-9-3-10-21-33)34-22-11-4-12-23-34/h1-28H,29-30H2,(H,46,51)(H2,44,45,53). The SMILES string of the molecule is O=C(CNC(=O)Nc1cccc(OCc2nnn(C(c3ccccc3)(c3ccccc3)c3ccccc3)n2)c1)Nc1ccccc1C(=O)c1ccccc1. The van der Waals surface area contributed by atoms with E-state index in [-0.39, 0.29) is 18.9 Å². The van der Waals surface area contributed by atoms with Gasteiger partial charge in [0.25, 0.3) is 0 Å². The Morgan fingerprint density at radius 1 is 0.630 bits per heavy atom. The summed E-state index contributed by atoms with van der Waals surface area (Å²) in [6, 6.07) is 51.9. The molecule has 0 saturated carbocycles. The summed E-state index contributed by atoms with van der Waals surface area (Å²) in [6.45, 7) is -0.313. The Bertz CT molecular complexity index is 2260. The fourth-order valence-electron chi connectivity index (χ4n) is 6.20. The van der Waals surface area contributed by atoms with E-state index in [0.717, 1.165) is 16.7 Å². The number of ether oxygens (including phenoxy) is 1. The fraction of sp³-hybridized carbons (Fsp3) is 0.0698. The monoisotopic (exact) mass is 713 g/mol. The molecule has 3 amide bonds. The summed E-state index contributed by atoms with van der Waals surface area (Å²) >= 11 is 0. The average molecular weight is 714 g/mol. The number of para-hydroxylation sites is 1. The highest BCUT2D eigenvalue weighted by atomic mass is 16.5. The molecule has 266 valence electrons. The highest BCUT2D eigenvalue weighted by Gasteiger charge is 2.41. The Labute approximate surface area is 311 Å². The van der Waals surface area contributed by atoms with Crippen molar-refractivity contribution in [1.29, 1.82) is 0 Å². The molecule has 0 spiro atoms. The van der Waals surface area contributed by atoms with Crippen LogP contribution in [0.3, 0.4) is 0 Å². The van der Waals surface area contributed by atoms with Crippen LogP contribution in [0.15, 0.2) is 170 Å². The van der Waals surface area contributed by atoms with Crippen LogP contribution in [0.2, 0.25) is 0 Å². The van der Waals surface area contributed by atoms with Crippen molar-refractivity contribution in [3.05, 3.63) is 203 Å². The molecule has 0 atom stereocenters. The molecule has 1 aromatic heterocycles. The lowest BCUT2D eigenvalue weighted by Crippen LogP contribution is -2.39. The van der Waals surface area contributed by atoms with Gasteiger partial charge in [-0.1, -0.05) is 140 Å². The second-order valence-electron chi connectivity index (χ2n) is 12.2. The average Bonchev–Trinajstić information content (AvgIpc) is 3.70. The first-order valence-corrected chi connectivity index (χ1v) is 17.2. The number of amides is 3. The number of ketones is 1. The largest absolute Gasteiger partial charge is 0.485 e. The summed E-state index contributed by atoms with van der Waals surface area (Å²) in [7, 11) is 0. The number of nitrogens with zero attached hydrogens (tertiary/aromatic N) is 4. The number of urea groups is 1. The van der Waals surface area contributed by atoms with Crippen molar-refractivity contribution in [2.75, 3.05) is 17.2 Å². The zero-order chi connectivity index (χ0) is 37.2. The summed E-state index contributed by atoms with van der Waals surface area (Å²) < 4.78 is 6.04. The summed E-state index contributed by atoms with van der Waals surface area (Å²) in [6.07, 6.45) is 0. The van der Waals surface area contributed by atoms with Gasteiger partial charge in [0.15, 0.2) is 17.9 Å². The lowest BCUT2D eigenvalue weighted by molar-refractivity contribution is -0.115. The van der Waals surface area contributed by atoms with Crippen LogP contribution < -0.4 is 20.7 Å². The van der Waals surface area contributed by atoms with Crippen molar-refractivity contribution < 1.29 is 19.1 Å². The van der Waals surface area contributed by atoms with Gasteiger partial charge >= 0.3 is 6.03 Å². The van der Waals surface area contributed by atoms with Gasteiger partial charge in [-0.25, -0.2) is 4.79 Å². The zero-order valence-corrected chi connectivity index (χ0v) is 29.0. The molecule has 0 radical (unpaired) electrons. The Hall–Kier alpha value is -7.40. The topological polar surface area (TPSA) is 140 Å². The van der Waals surface area contributed by atoms with Gasteiger partial charge in [0.05, 0.1) is 12.2 Å². The normalized spacial score (nSPS) is 11.0. The van der Waals surface area contributed by atoms with Crippen LogP contribution >= 0.6 is 0 Å². The molecule has 0 aliphatic carbocycles. The van der Waals surface area contributed by atoms with Gasteiger partial charge in [-0.2, -0.15) is 0 Å². The lowest BCUT2D eigenvalue weighted by Gasteiger charge is -2.34. The molecule has 0 fully saturated rings. The molecule has 54 heavy (non-hydrogen) atoms. The van der Waals surface area contributed by atoms with Crippen molar-refractivity contribution in [1.82, 2.24) is 25.5 Å². The van der Waals surface area contributed by atoms with E-state index < -0.39 is 17.5 Å².